The van der Waals surface area contributed by atoms with Crippen molar-refractivity contribution >= 4 is 41.5 Å². The monoisotopic (exact) mass is 413 g/mol. The molecule has 3 atom stereocenters. The number of β-lactam (4-membered cyclic amide) rings is 1. The van der Waals surface area contributed by atoms with Crippen LogP contribution in [0, 0.1) is 6.92 Å². The van der Waals surface area contributed by atoms with E-state index in [2.05, 4.69) is 10.5 Å². The van der Waals surface area contributed by atoms with Gasteiger partial charge < -0.3 is 19.8 Å². The molecule has 0 unspecified atom stereocenters. The summed E-state index contributed by atoms with van der Waals surface area (Å²) in [5.74, 6) is -0.685. The Morgan fingerprint density at radius 1 is 1.28 bits per heavy atom. The number of thioether (sulfide) groups is 1. The number of nitrogens with zero attached hydrogens (tertiary/aromatic N) is 2. The molecule has 0 aliphatic carbocycles. The van der Waals surface area contributed by atoms with Crippen LogP contribution in [-0.2, 0) is 9.59 Å². The van der Waals surface area contributed by atoms with Crippen molar-refractivity contribution in [3.8, 4) is 0 Å². The highest BCUT2D eigenvalue weighted by atomic mass is 32.2. The lowest BCUT2D eigenvalue weighted by Crippen LogP contribution is -2.75. The molecule has 4 rings (SSSR count). The normalized spacial score (nSPS) is 27.7. The van der Waals surface area contributed by atoms with E-state index < -0.39 is 22.3 Å². The van der Waals surface area contributed by atoms with Crippen LogP contribution in [-0.4, -0.2) is 48.7 Å². The number of carbonyl (C=O) groups is 2. The molecule has 2 N–H and O–H groups in total. The molecular weight excluding hydrogens is 390 g/mol. The molecule has 2 aromatic rings. The van der Waals surface area contributed by atoms with Crippen molar-refractivity contribution in [2.24, 2.45) is 0 Å². The van der Waals surface area contributed by atoms with Crippen LogP contribution >= 0.6 is 11.8 Å². The van der Waals surface area contributed by atoms with Crippen LogP contribution in [0.15, 0.2) is 34.9 Å². The number of carboxylic acids is 1. The molecule has 7 nitrogen and oxygen atoms in total. The molecule has 2 aliphatic rings. The molecule has 1 aromatic heterocycles. The lowest BCUT2D eigenvalue weighted by molar-refractivity contribution is -0.163. The van der Waals surface area contributed by atoms with E-state index in [0.717, 1.165) is 5.56 Å². The summed E-state index contributed by atoms with van der Waals surface area (Å²) in [4.78, 5) is 26.2. The van der Waals surface area contributed by atoms with Crippen molar-refractivity contribution < 1.29 is 19.2 Å². The van der Waals surface area contributed by atoms with Gasteiger partial charge in [0, 0.05) is 4.75 Å². The Labute approximate surface area is 173 Å². The Hall–Kier alpha value is -2.74. The van der Waals surface area contributed by atoms with Gasteiger partial charge in [-0.1, -0.05) is 41.6 Å². The average molecular weight is 413 g/mol. The minimum atomic E-state index is -0.979. The summed E-state index contributed by atoms with van der Waals surface area (Å²) in [7, 11) is 0. The van der Waals surface area contributed by atoms with E-state index >= 15 is 0 Å². The highest BCUT2D eigenvalue weighted by Gasteiger charge is 2.69. The minimum absolute atomic E-state index is 0.230. The quantitative estimate of drug-likeness (QED) is 0.725. The summed E-state index contributed by atoms with van der Waals surface area (Å²) < 4.78 is 4.88. The third-order valence-corrected chi connectivity index (χ3v) is 7.26. The van der Waals surface area contributed by atoms with Crippen LogP contribution in [0.1, 0.15) is 37.8 Å². The van der Waals surface area contributed by atoms with Gasteiger partial charge in [-0.15, -0.1) is 11.8 Å². The van der Waals surface area contributed by atoms with Gasteiger partial charge in [0.25, 0.3) is 5.91 Å². The molecule has 0 spiro atoms. The summed E-state index contributed by atoms with van der Waals surface area (Å²) in [6.45, 7) is 7.34. The SMILES string of the molecule is Cc1noc(C=Cc2ccccc2)c1N[C@@]1(C)C(=O)N2[C@@H](C(=O)O)C(C)(C)S[C@@H]21. The Morgan fingerprint density at radius 3 is 2.62 bits per heavy atom. The molecule has 0 bridgehead atoms. The Bertz CT molecular complexity index is 1000. The predicted molar refractivity (Wildman–Crippen MR) is 112 cm³/mol. The lowest BCUT2D eigenvalue weighted by Gasteiger charge is -2.51. The lowest BCUT2D eigenvalue weighted by atomic mass is 9.86. The number of nitrogens with one attached hydrogen (secondary N) is 1. The summed E-state index contributed by atoms with van der Waals surface area (Å²) >= 11 is 1.50. The Kier molecular flexibility index (Phi) is 4.49. The van der Waals surface area contributed by atoms with Crippen LogP contribution in [0.25, 0.3) is 12.2 Å². The van der Waals surface area contributed by atoms with E-state index in [9.17, 15) is 14.7 Å². The topological polar surface area (TPSA) is 95.7 Å². The van der Waals surface area contributed by atoms with Crippen LogP contribution < -0.4 is 5.32 Å². The van der Waals surface area contributed by atoms with Gasteiger partial charge in [0.15, 0.2) is 5.76 Å². The molecular formula is C21H23N3O4S. The standard InChI is InChI=1S/C21H23N3O4S/c1-12-15(14(28-23-12)11-10-13-8-6-5-7-9-13)22-21(4)18(27)24-16(17(25)26)20(2,3)29-19(21)24/h5-11,16,19,22H,1-4H3,(H,25,26)/t16-,19+,21-/m0/s1. The summed E-state index contributed by atoms with van der Waals surface area (Å²) in [5.41, 5.74) is 1.37. The first kappa shape index (κ1) is 19.6. The first-order valence-electron chi connectivity index (χ1n) is 9.36. The number of fused-ring (bicyclic) bond motifs is 1. The maximum absolute atomic E-state index is 13.0. The van der Waals surface area contributed by atoms with E-state index in [1.165, 1.54) is 16.7 Å². The summed E-state index contributed by atoms with van der Waals surface area (Å²) in [6, 6.07) is 8.95. The molecule has 1 aromatic carbocycles. The van der Waals surface area contributed by atoms with E-state index in [4.69, 9.17) is 4.52 Å². The fourth-order valence-corrected chi connectivity index (χ4v) is 5.63. The van der Waals surface area contributed by atoms with Gasteiger partial charge in [-0.05, 0) is 39.3 Å². The van der Waals surface area contributed by atoms with Crippen LogP contribution in [0.2, 0.25) is 0 Å². The first-order chi connectivity index (χ1) is 13.6. The van der Waals surface area contributed by atoms with Crippen LogP contribution in [0.3, 0.4) is 0 Å². The van der Waals surface area contributed by atoms with Crippen molar-refractivity contribution in [1.82, 2.24) is 10.1 Å². The smallest absolute Gasteiger partial charge is 0.327 e. The second kappa shape index (κ2) is 6.66. The van der Waals surface area contributed by atoms with Gasteiger partial charge in [-0.25, -0.2) is 4.79 Å². The fraction of sp³-hybridized carbons (Fsp3) is 0.381. The number of hydrogen-bond acceptors (Lipinski definition) is 6. The van der Waals surface area contributed by atoms with Gasteiger partial charge in [-0.2, -0.15) is 0 Å². The number of aliphatic carboxylic acids is 1. The van der Waals surface area contributed by atoms with Gasteiger partial charge in [0.1, 0.15) is 28.3 Å². The second-order valence-electron chi connectivity index (χ2n) is 8.11. The largest absolute Gasteiger partial charge is 0.480 e. The zero-order valence-electron chi connectivity index (χ0n) is 16.7. The first-order valence-corrected chi connectivity index (χ1v) is 10.2. The Morgan fingerprint density at radius 2 is 1.97 bits per heavy atom. The van der Waals surface area contributed by atoms with E-state index in [0.29, 0.717) is 17.1 Å². The van der Waals surface area contributed by atoms with E-state index in [1.807, 2.05) is 63.3 Å². The fourth-order valence-electron chi connectivity index (χ4n) is 3.99. The zero-order valence-corrected chi connectivity index (χ0v) is 17.5. The summed E-state index contributed by atoms with van der Waals surface area (Å²) in [5, 5.41) is 16.7. The number of hydrogen-bond donors (Lipinski definition) is 2. The average Bonchev–Trinajstić information content (AvgIpc) is 3.16. The van der Waals surface area contributed by atoms with Crippen molar-refractivity contribution in [3.05, 3.63) is 47.3 Å². The maximum atomic E-state index is 13.0. The molecule has 0 saturated carbocycles. The third kappa shape index (κ3) is 3.02. The van der Waals surface area contributed by atoms with Gasteiger partial charge in [0.2, 0.25) is 0 Å². The molecule has 152 valence electrons. The number of carboxylic acid groups (broad SMARTS) is 1. The molecule has 2 saturated heterocycles. The maximum Gasteiger partial charge on any atom is 0.327 e. The minimum Gasteiger partial charge on any atom is -0.480 e. The highest BCUT2D eigenvalue weighted by Crippen LogP contribution is 2.55. The number of benzene rings is 1. The highest BCUT2D eigenvalue weighted by molar-refractivity contribution is 8.01. The number of aromatic nitrogens is 1. The van der Waals surface area contributed by atoms with Crippen molar-refractivity contribution in [2.45, 2.75) is 49.4 Å². The van der Waals surface area contributed by atoms with Crippen LogP contribution in [0.5, 0.6) is 0 Å². The van der Waals surface area contributed by atoms with Crippen molar-refractivity contribution in [1.29, 1.82) is 0 Å². The van der Waals surface area contributed by atoms with Crippen molar-refractivity contribution in [3.63, 3.8) is 0 Å². The molecule has 0 radical (unpaired) electrons. The number of anilines is 1. The van der Waals surface area contributed by atoms with E-state index in [-0.39, 0.29) is 11.3 Å². The number of rotatable bonds is 5. The Balaban J connectivity index is 1.61. The number of carbonyl (C=O) groups excluding carboxylic acids is 1. The second-order valence-corrected chi connectivity index (χ2v) is 9.84. The predicted octanol–water partition coefficient (Wildman–Crippen LogP) is 3.47. The number of amides is 1. The summed E-state index contributed by atoms with van der Waals surface area (Å²) in [6.07, 6.45) is 3.73. The molecule has 2 aliphatic heterocycles. The molecule has 3 heterocycles. The van der Waals surface area contributed by atoms with Gasteiger partial charge in [0.05, 0.1) is 0 Å². The molecule has 8 heteroatoms. The molecule has 1 amide bonds. The number of aryl methyl sites for hydroxylation is 1. The zero-order chi connectivity index (χ0) is 21.0. The van der Waals surface area contributed by atoms with Gasteiger partial charge >= 0.3 is 5.97 Å². The molecule has 2 fully saturated rings. The van der Waals surface area contributed by atoms with Gasteiger partial charge in [-0.3, -0.25) is 4.79 Å². The van der Waals surface area contributed by atoms with Crippen LogP contribution in [0.4, 0.5) is 5.69 Å². The van der Waals surface area contributed by atoms with E-state index in [1.54, 1.807) is 6.92 Å². The molecule has 29 heavy (non-hydrogen) atoms. The third-order valence-electron chi connectivity index (χ3n) is 5.51. The van der Waals surface area contributed by atoms with Crippen molar-refractivity contribution in [2.75, 3.05) is 5.32 Å².